The molecule has 8 rings (SSSR count). The molecule has 2 aliphatic rings. The number of anilines is 2. The van der Waals surface area contributed by atoms with E-state index in [0.29, 0.717) is 52.4 Å². The summed E-state index contributed by atoms with van der Waals surface area (Å²) in [6.45, 7) is 4.96. The first kappa shape index (κ1) is 34.2. The number of carbonyl (C=O) groups is 2. The normalized spacial score (nSPS) is 16.2. The molecule has 4 heterocycles. The molecule has 0 aliphatic carbocycles. The SMILES string of the molecule is O=C(CC(OC(CC(=O)N1CCN(c2cnc3ccccc3n2)CC1)c1ccccc1)c1ccccc1)N1CCN(c2cnc3ccccc3n2)CC1. The van der Waals surface area contributed by atoms with Crippen molar-refractivity contribution in [3.8, 4) is 0 Å². The highest BCUT2D eigenvalue weighted by molar-refractivity contribution is 5.79. The van der Waals surface area contributed by atoms with E-state index >= 15 is 0 Å². The van der Waals surface area contributed by atoms with E-state index in [9.17, 15) is 9.59 Å². The second-order valence-corrected chi connectivity index (χ2v) is 13.5. The van der Waals surface area contributed by atoms with Gasteiger partial charge in [0, 0.05) is 52.4 Å². The molecule has 0 spiro atoms. The highest BCUT2D eigenvalue weighted by atomic mass is 16.5. The predicted octanol–water partition coefficient (Wildman–Crippen LogP) is 5.85. The molecule has 11 nitrogen and oxygen atoms in total. The Labute approximate surface area is 308 Å². The summed E-state index contributed by atoms with van der Waals surface area (Å²) >= 11 is 0. The lowest BCUT2D eigenvalue weighted by Gasteiger charge is -2.37. The Kier molecular flexibility index (Phi) is 10.2. The van der Waals surface area contributed by atoms with Crippen molar-refractivity contribution in [3.05, 3.63) is 133 Å². The smallest absolute Gasteiger partial charge is 0.225 e. The monoisotopic (exact) mass is 706 g/mol. The zero-order valence-corrected chi connectivity index (χ0v) is 29.6. The van der Waals surface area contributed by atoms with E-state index in [1.165, 1.54) is 0 Å². The maximum atomic E-state index is 13.9. The molecule has 0 bridgehead atoms. The third-order valence-corrected chi connectivity index (χ3v) is 10.2. The Morgan fingerprint density at radius 1 is 0.491 bits per heavy atom. The number of benzene rings is 4. The van der Waals surface area contributed by atoms with Gasteiger partial charge in [-0.05, 0) is 35.4 Å². The molecule has 268 valence electrons. The van der Waals surface area contributed by atoms with Crippen molar-refractivity contribution in [3.63, 3.8) is 0 Å². The van der Waals surface area contributed by atoms with Crippen molar-refractivity contribution >= 4 is 45.5 Å². The summed E-state index contributed by atoms with van der Waals surface area (Å²) in [6.07, 6.45) is 2.89. The summed E-state index contributed by atoms with van der Waals surface area (Å²) in [4.78, 5) is 54.8. The molecule has 4 aromatic carbocycles. The number of rotatable bonds is 10. The van der Waals surface area contributed by atoms with Crippen molar-refractivity contribution in [1.29, 1.82) is 0 Å². The van der Waals surface area contributed by atoms with Crippen LogP contribution in [0.4, 0.5) is 11.6 Å². The first-order valence-electron chi connectivity index (χ1n) is 18.3. The van der Waals surface area contributed by atoms with Crippen molar-refractivity contribution in [2.75, 3.05) is 62.2 Å². The van der Waals surface area contributed by atoms with Crippen LogP contribution in [0.2, 0.25) is 0 Å². The minimum Gasteiger partial charge on any atom is -0.365 e. The zero-order valence-electron chi connectivity index (χ0n) is 29.6. The molecule has 0 radical (unpaired) electrons. The summed E-state index contributed by atoms with van der Waals surface area (Å²) in [5.41, 5.74) is 5.26. The lowest BCUT2D eigenvalue weighted by atomic mass is 10.0. The van der Waals surface area contributed by atoms with Crippen molar-refractivity contribution in [2.45, 2.75) is 25.0 Å². The van der Waals surface area contributed by atoms with Gasteiger partial charge in [0.2, 0.25) is 11.8 Å². The number of para-hydroxylation sites is 4. The molecule has 0 saturated carbocycles. The number of piperazine rings is 2. The van der Waals surface area contributed by atoms with Crippen molar-refractivity contribution in [1.82, 2.24) is 29.7 Å². The number of nitrogens with zero attached hydrogens (tertiary/aromatic N) is 8. The van der Waals surface area contributed by atoms with Gasteiger partial charge >= 0.3 is 0 Å². The van der Waals surface area contributed by atoms with Gasteiger partial charge in [0.1, 0.15) is 11.6 Å². The van der Waals surface area contributed by atoms with E-state index in [4.69, 9.17) is 14.7 Å². The summed E-state index contributed by atoms with van der Waals surface area (Å²) in [6, 6.07) is 35.4. The van der Waals surface area contributed by atoms with Gasteiger partial charge < -0.3 is 24.3 Å². The summed E-state index contributed by atoms with van der Waals surface area (Å²) in [5.74, 6) is 1.68. The fraction of sp³-hybridized carbons (Fsp3) is 0.286. The summed E-state index contributed by atoms with van der Waals surface area (Å²) in [5, 5.41) is 0. The molecule has 11 heteroatoms. The number of hydrogen-bond acceptors (Lipinski definition) is 9. The first-order valence-corrected chi connectivity index (χ1v) is 18.3. The van der Waals surface area contributed by atoms with E-state index in [-0.39, 0.29) is 24.7 Å². The van der Waals surface area contributed by atoms with Crippen LogP contribution in [0.5, 0.6) is 0 Å². The van der Waals surface area contributed by atoms with Crippen LogP contribution < -0.4 is 9.80 Å². The zero-order chi connectivity index (χ0) is 36.0. The minimum absolute atomic E-state index is 0.0224. The number of hydrogen-bond donors (Lipinski definition) is 0. The fourth-order valence-electron chi connectivity index (χ4n) is 7.17. The largest absolute Gasteiger partial charge is 0.365 e. The molecular weight excluding hydrogens is 665 g/mol. The molecule has 2 fully saturated rings. The second kappa shape index (κ2) is 15.7. The highest BCUT2D eigenvalue weighted by Crippen LogP contribution is 2.33. The quantitative estimate of drug-likeness (QED) is 0.173. The summed E-state index contributed by atoms with van der Waals surface area (Å²) in [7, 11) is 0. The highest BCUT2D eigenvalue weighted by Gasteiger charge is 2.30. The van der Waals surface area contributed by atoms with Gasteiger partial charge in [-0.15, -0.1) is 0 Å². The third kappa shape index (κ3) is 7.95. The molecule has 2 unspecified atom stereocenters. The van der Waals surface area contributed by atoms with Gasteiger partial charge in [-0.25, -0.2) is 9.97 Å². The van der Waals surface area contributed by atoms with E-state index in [1.807, 2.05) is 131 Å². The minimum atomic E-state index is -0.533. The van der Waals surface area contributed by atoms with Gasteiger partial charge in [0.05, 0.1) is 59.5 Å². The topological polar surface area (TPSA) is 108 Å². The van der Waals surface area contributed by atoms with E-state index in [2.05, 4.69) is 19.8 Å². The third-order valence-electron chi connectivity index (χ3n) is 10.2. The van der Waals surface area contributed by atoms with Crippen molar-refractivity contribution < 1.29 is 14.3 Å². The maximum Gasteiger partial charge on any atom is 0.225 e. The Balaban J connectivity index is 0.929. The number of carbonyl (C=O) groups excluding carboxylic acids is 2. The summed E-state index contributed by atoms with van der Waals surface area (Å²) < 4.78 is 6.86. The molecule has 2 aromatic heterocycles. The Hall–Kier alpha value is -5.94. The van der Waals surface area contributed by atoms with Crippen LogP contribution in [-0.2, 0) is 14.3 Å². The van der Waals surface area contributed by atoms with Gasteiger partial charge in [-0.2, -0.15) is 0 Å². The van der Waals surface area contributed by atoms with Crippen LogP contribution in [0.1, 0.15) is 36.2 Å². The molecule has 2 atom stereocenters. The van der Waals surface area contributed by atoms with Crippen LogP contribution in [0.3, 0.4) is 0 Å². The lowest BCUT2D eigenvalue weighted by Crippen LogP contribution is -2.49. The molecule has 2 amide bonds. The number of fused-ring (bicyclic) bond motifs is 2. The molecule has 53 heavy (non-hydrogen) atoms. The maximum absolute atomic E-state index is 13.9. The molecular formula is C42H42N8O3. The second-order valence-electron chi connectivity index (χ2n) is 13.5. The molecule has 6 aromatic rings. The van der Waals surface area contributed by atoms with Gasteiger partial charge in [0.25, 0.3) is 0 Å². The number of ether oxygens (including phenoxy) is 1. The Morgan fingerprint density at radius 3 is 1.25 bits per heavy atom. The molecule has 2 aliphatic heterocycles. The van der Waals surface area contributed by atoms with E-state index < -0.39 is 12.2 Å². The number of amides is 2. The van der Waals surface area contributed by atoms with E-state index in [0.717, 1.165) is 44.8 Å². The Morgan fingerprint density at radius 2 is 0.849 bits per heavy atom. The van der Waals surface area contributed by atoms with Gasteiger partial charge in [-0.1, -0.05) is 84.9 Å². The average molecular weight is 707 g/mol. The standard InChI is InChI=1S/C42H42N8O3/c51-41(49-23-19-47(20-24-49)39-29-43-33-15-7-9-17-35(33)45-39)27-37(31-11-3-1-4-12-31)53-38(32-13-5-2-6-14-32)28-42(52)50-25-21-48(22-26-50)40-30-44-34-16-8-10-18-36(34)46-40/h1-18,29-30,37-38H,19-28H2. The van der Waals surface area contributed by atoms with Gasteiger partial charge in [-0.3, -0.25) is 19.6 Å². The van der Waals surface area contributed by atoms with Crippen molar-refractivity contribution in [2.24, 2.45) is 0 Å². The van der Waals surface area contributed by atoms with Crippen LogP contribution in [0, 0.1) is 0 Å². The average Bonchev–Trinajstić information content (AvgIpc) is 3.23. The molecule has 0 N–H and O–H groups in total. The predicted molar refractivity (Wildman–Crippen MR) is 205 cm³/mol. The number of aromatic nitrogens is 4. The van der Waals surface area contributed by atoms with Crippen LogP contribution >= 0.6 is 0 Å². The molecule has 2 saturated heterocycles. The van der Waals surface area contributed by atoms with Crippen LogP contribution in [0.25, 0.3) is 22.1 Å². The van der Waals surface area contributed by atoms with Crippen LogP contribution in [-0.4, -0.2) is 93.9 Å². The fourth-order valence-corrected chi connectivity index (χ4v) is 7.17. The van der Waals surface area contributed by atoms with Gasteiger partial charge in [0.15, 0.2) is 0 Å². The van der Waals surface area contributed by atoms with Crippen LogP contribution in [0.15, 0.2) is 122 Å². The lowest BCUT2D eigenvalue weighted by molar-refractivity contribution is -0.139. The Bertz CT molecular complexity index is 2020. The first-order chi connectivity index (χ1) is 26.1. The van der Waals surface area contributed by atoms with E-state index in [1.54, 1.807) is 0 Å².